The van der Waals surface area contributed by atoms with Gasteiger partial charge in [-0.15, -0.1) is 0 Å². The quantitative estimate of drug-likeness (QED) is 0.375. The van der Waals surface area contributed by atoms with Crippen molar-refractivity contribution in [1.29, 1.82) is 0 Å². The number of nitrogens with zero attached hydrogens (tertiary/aromatic N) is 1. The van der Waals surface area contributed by atoms with Crippen LogP contribution in [0.2, 0.25) is 0 Å². The molecule has 0 amide bonds. The Bertz CT molecular complexity index is 1150. The number of hydrogen-bond donors (Lipinski definition) is 2. The molecule has 2 aromatic heterocycles. The molecule has 4 rings (SSSR count). The number of aromatic nitrogens is 2. The SMILES string of the molecule is Fc1c[nH]c2cc(Nc3ccnc(OCCc4ccc(C(F)(F)F)cc4)c3)ccc12. The van der Waals surface area contributed by atoms with Crippen molar-refractivity contribution >= 4 is 22.3 Å². The lowest BCUT2D eigenvalue weighted by atomic mass is 10.1. The number of anilines is 2. The highest BCUT2D eigenvalue weighted by atomic mass is 19.4. The lowest BCUT2D eigenvalue weighted by molar-refractivity contribution is -0.137. The Morgan fingerprint density at radius 2 is 1.73 bits per heavy atom. The molecule has 0 fully saturated rings. The summed E-state index contributed by atoms with van der Waals surface area (Å²) in [6.45, 7) is 0.273. The molecule has 0 aliphatic rings. The molecule has 4 nitrogen and oxygen atoms in total. The van der Waals surface area contributed by atoms with E-state index in [4.69, 9.17) is 4.74 Å². The van der Waals surface area contributed by atoms with E-state index in [-0.39, 0.29) is 12.4 Å². The second-order valence-electron chi connectivity index (χ2n) is 6.70. The Hall–Kier alpha value is -3.55. The number of benzene rings is 2. The molecule has 154 valence electrons. The molecule has 0 unspecified atom stereocenters. The first-order valence-electron chi connectivity index (χ1n) is 9.17. The summed E-state index contributed by atoms with van der Waals surface area (Å²) in [6.07, 6.45) is -0.995. The van der Waals surface area contributed by atoms with Crippen LogP contribution in [-0.4, -0.2) is 16.6 Å². The lowest BCUT2D eigenvalue weighted by Gasteiger charge is -2.10. The van der Waals surface area contributed by atoms with Crippen molar-refractivity contribution in [2.45, 2.75) is 12.6 Å². The number of alkyl halides is 3. The molecule has 0 aliphatic heterocycles. The summed E-state index contributed by atoms with van der Waals surface area (Å²) in [5.41, 5.74) is 2.25. The summed E-state index contributed by atoms with van der Waals surface area (Å²) < 4.78 is 57.0. The molecule has 2 heterocycles. The lowest BCUT2D eigenvalue weighted by Crippen LogP contribution is -2.06. The first kappa shape index (κ1) is 19.8. The van der Waals surface area contributed by atoms with E-state index < -0.39 is 11.7 Å². The van der Waals surface area contributed by atoms with Crippen LogP contribution in [0.25, 0.3) is 10.9 Å². The number of pyridine rings is 1. The highest BCUT2D eigenvalue weighted by Gasteiger charge is 2.29. The van der Waals surface area contributed by atoms with Crippen LogP contribution in [-0.2, 0) is 12.6 Å². The van der Waals surface area contributed by atoms with Crippen LogP contribution in [0.1, 0.15) is 11.1 Å². The number of hydrogen-bond acceptors (Lipinski definition) is 3. The molecule has 0 bridgehead atoms. The topological polar surface area (TPSA) is 49.9 Å². The molecule has 4 aromatic rings. The van der Waals surface area contributed by atoms with Gasteiger partial charge in [0.25, 0.3) is 0 Å². The highest BCUT2D eigenvalue weighted by molar-refractivity contribution is 5.84. The predicted molar refractivity (Wildman–Crippen MR) is 106 cm³/mol. The van der Waals surface area contributed by atoms with Gasteiger partial charge in [-0.25, -0.2) is 9.37 Å². The molecule has 2 N–H and O–H groups in total. The Morgan fingerprint density at radius 1 is 0.967 bits per heavy atom. The van der Waals surface area contributed by atoms with Gasteiger partial charge in [-0.1, -0.05) is 12.1 Å². The Labute approximate surface area is 169 Å². The second kappa shape index (κ2) is 8.06. The predicted octanol–water partition coefficient (Wildman–Crippen LogP) is 6.09. The van der Waals surface area contributed by atoms with Crippen LogP contribution >= 0.6 is 0 Å². The molecule has 0 saturated heterocycles. The standard InChI is InChI=1S/C22H17F4N3O/c23-19-13-28-20-11-16(5-6-18(19)20)29-17-7-9-27-21(12-17)30-10-8-14-1-3-15(4-2-14)22(24,25)26/h1-7,9,11-13,28H,8,10H2,(H,27,29). The summed E-state index contributed by atoms with van der Waals surface area (Å²) in [5, 5.41) is 3.72. The van der Waals surface area contributed by atoms with Gasteiger partial charge in [-0.05, 0) is 42.0 Å². The van der Waals surface area contributed by atoms with E-state index in [0.29, 0.717) is 23.2 Å². The minimum Gasteiger partial charge on any atom is -0.477 e. The Kier molecular flexibility index (Phi) is 5.31. The van der Waals surface area contributed by atoms with Crippen LogP contribution in [0.4, 0.5) is 28.9 Å². The molecule has 0 atom stereocenters. The largest absolute Gasteiger partial charge is 0.477 e. The Morgan fingerprint density at radius 3 is 2.50 bits per heavy atom. The van der Waals surface area contributed by atoms with Crippen molar-refractivity contribution in [3.8, 4) is 5.88 Å². The molecule has 0 aliphatic carbocycles. The number of aromatic amines is 1. The molecular formula is C22H17F4N3O. The third-order valence-corrected chi connectivity index (χ3v) is 4.58. The van der Waals surface area contributed by atoms with Crippen molar-refractivity contribution in [1.82, 2.24) is 9.97 Å². The fourth-order valence-electron chi connectivity index (χ4n) is 3.04. The summed E-state index contributed by atoms with van der Waals surface area (Å²) in [7, 11) is 0. The molecule has 0 radical (unpaired) electrons. The molecule has 0 spiro atoms. The van der Waals surface area contributed by atoms with Crippen molar-refractivity contribution in [2.24, 2.45) is 0 Å². The molecule has 8 heteroatoms. The van der Waals surface area contributed by atoms with Crippen LogP contribution in [0, 0.1) is 5.82 Å². The summed E-state index contributed by atoms with van der Waals surface area (Å²) in [4.78, 5) is 7.01. The van der Waals surface area contributed by atoms with Gasteiger partial charge in [0.2, 0.25) is 5.88 Å². The van der Waals surface area contributed by atoms with Gasteiger partial charge in [0.15, 0.2) is 0 Å². The van der Waals surface area contributed by atoms with E-state index in [1.54, 1.807) is 36.5 Å². The molecule has 0 saturated carbocycles. The molecule has 30 heavy (non-hydrogen) atoms. The minimum atomic E-state index is -4.34. The summed E-state index contributed by atoms with van der Waals surface area (Å²) in [5.74, 6) is 0.0862. The van der Waals surface area contributed by atoms with E-state index in [9.17, 15) is 17.6 Å². The number of halogens is 4. The minimum absolute atomic E-state index is 0.273. The maximum Gasteiger partial charge on any atom is 0.416 e. The summed E-state index contributed by atoms with van der Waals surface area (Å²) >= 11 is 0. The van der Waals surface area contributed by atoms with Gasteiger partial charge in [0, 0.05) is 41.6 Å². The fourth-order valence-corrected chi connectivity index (χ4v) is 3.04. The van der Waals surface area contributed by atoms with Crippen molar-refractivity contribution < 1.29 is 22.3 Å². The maximum atomic E-state index is 13.5. The normalized spacial score (nSPS) is 11.6. The van der Waals surface area contributed by atoms with Gasteiger partial charge < -0.3 is 15.0 Å². The fraction of sp³-hybridized carbons (Fsp3) is 0.136. The number of nitrogens with one attached hydrogen (secondary N) is 2. The monoisotopic (exact) mass is 415 g/mol. The van der Waals surface area contributed by atoms with Crippen LogP contribution in [0.15, 0.2) is 67.0 Å². The first-order chi connectivity index (χ1) is 14.4. The average Bonchev–Trinajstić information content (AvgIpc) is 3.08. The van der Waals surface area contributed by atoms with Gasteiger partial charge in [0.05, 0.1) is 17.7 Å². The van der Waals surface area contributed by atoms with Crippen molar-refractivity contribution in [2.75, 3.05) is 11.9 Å². The van der Waals surface area contributed by atoms with Crippen LogP contribution < -0.4 is 10.1 Å². The molecule has 2 aromatic carbocycles. The smallest absolute Gasteiger partial charge is 0.416 e. The van der Waals surface area contributed by atoms with E-state index in [2.05, 4.69) is 15.3 Å². The van der Waals surface area contributed by atoms with Gasteiger partial charge >= 0.3 is 6.18 Å². The van der Waals surface area contributed by atoms with Crippen LogP contribution in [0.3, 0.4) is 0 Å². The van der Waals surface area contributed by atoms with Gasteiger partial charge in [0.1, 0.15) is 5.82 Å². The zero-order chi connectivity index (χ0) is 21.1. The first-order valence-corrected chi connectivity index (χ1v) is 9.17. The van der Waals surface area contributed by atoms with Gasteiger partial charge in [-0.2, -0.15) is 13.2 Å². The highest BCUT2D eigenvalue weighted by Crippen LogP contribution is 2.29. The van der Waals surface area contributed by atoms with E-state index in [1.165, 1.54) is 18.3 Å². The van der Waals surface area contributed by atoms with Crippen LogP contribution in [0.5, 0.6) is 5.88 Å². The molecular weight excluding hydrogens is 398 g/mol. The number of fused-ring (bicyclic) bond motifs is 1. The average molecular weight is 415 g/mol. The van der Waals surface area contributed by atoms with Crippen molar-refractivity contribution in [3.05, 3.63) is 83.9 Å². The Balaban J connectivity index is 1.36. The van der Waals surface area contributed by atoms with Gasteiger partial charge in [-0.3, -0.25) is 0 Å². The van der Waals surface area contributed by atoms with E-state index in [0.717, 1.165) is 29.1 Å². The number of H-pyrrole nitrogens is 1. The number of rotatable bonds is 6. The summed E-state index contributed by atoms with van der Waals surface area (Å²) in [6, 6.07) is 13.7. The maximum absolute atomic E-state index is 13.5. The third-order valence-electron chi connectivity index (χ3n) is 4.58. The third kappa shape index (κ3) is 4.53. The zero-order valence-electron chi connectivity index (χ0n) is 15.6. The number of ether oxygens (including phenoxy) is 1. The van der Waals surface area contributed by atoms with E-state index in [1.807, 2.05) is 0 Å². The van der Waals surface area contributed by atoms with Crippen molar-refractivity contribution in [3.63, 3.8) is 0 Å². The van der Waals surface area contributed by atoms with E-state index >= 15 is 0 Å². The zero-order valence-corrected chi connectivity index (χ0v) is 15.6. The second-order valence-corrected chi connectivity index (χ2v) is 6.70.